The summed E-state index contributed by atoms with van der Waals surface area (Å²) >= 11 is 1.78. The second-order valence-electron chi connectivity index (χ2n) is 4.31. The van der Waals surface area contributed by atoms with Crippen LogP contribution in [-0.2, 0) is 11.2 Å². The standard InChI is InChI=1S/C12H19N3OS/c1-3-4-9-11(13)14-7-15-12(9)17-10-5-6-16-8(10)2/h7-8,10H,3-6H2,1-2H3,(H2,13,14,15). The molecule has 1 fully saturated rings. The highest BCUT2D eigenvalue weighted by Gasteiger charge is 2.26. The third kappa shape index (κ3) is 2.90. The van der Waals surface area contributed by atoms with E-state index in [1.54, 1.807) is 18.1 Å². The number of nitrogen functional groups attached to an aromatic ring is 1. The van der Waals surface area contributed by atoms with Crippen LogP contribution in [0, 0.1) is 0 Å². The minimum Gasteiger partial charge on any atom is -0.383 e. The molecule has 1 aromatic heterocycles. The maximum absolute atomic E-state index is 5.92. The van der Waals surface area contributed by atoms with Crippen molar-refractivity contribution in [1.82, 2.24) is 9.97 Å². The number of hydrogen-bond acceptors (Lipinski definition) is 5. The Morgan fingerprint density at radius 3 is 3.00 bits per heavy atom. The fourth-order valence-electron chi connectivity index (χ4n) is 2.01. The first-order valence-corrected chi connectivity index (χ1v) is 6.98. The van der Waals surface area contributed by atoms with E-state index in [1.807, 2.05) is 0 Å². The van der Waals surface area contributed by atoms with Crippen LogP contribution in [0.4, 0.5) is 5.82 Å². The van der Waals surface area contributed by atoms with Crippen LogP contribution in [0.2, 0.25) is 0 Å². The largest absolute Gasteiger partial charge is 0.383 e. The molecule has 2 N–H and O–H groups in total. The molecule has 2 heterocycles. The van der Waals surface area contributed by atoms with E-state index in [-0.39, 0.29) is 0 Å². The molecule has 2 atom stereocenters. The third-order valence-corrected chi connectivity index (χ3v) is 4.51. The smallest absolute Gasteiger partial charge is 0.131 e. The Labute approximate surface area is 106 Å². The van der Waals surface area contributed by atoms with Gasteiger partial charge in [0.15, 0.2) is 0 Å². The Kier molecular flexibility index (Phi) is 4.23. The van der Waals surface area contributed by atoms with Crippen molar-refractivity contribution in [1.29, 1.82) is 0 Å². The summed E-state index contributed by atoms with van der Waals surface area (Å²) in [6.45, 7) is 5.11. The highest BCUT2D eigenvalue weighted by Crippen LogP contribution is 2.34. The van der Waals surface area contributed by atoms with E-state index >= 15 is 0 Å². The van der Waals surface area contributed by atoms with Gasteiger partial charge >= 0.3 is 0 Å². The molecule has 0 aromatic carbocycles. The Balaban J connectivity index is 2.16. The quantitative estimate of drug-likeness (QED) is 0.834. The van der Waals surface area contributed by atoms with Crippen LogP contribution >= 0.6 is 11.8 Å². The Bertz CT molecular complexity index is 386. The monoisotopic (exact) mass is 253 g/mol. The molecule has 1 saturated heterocycles. The molecular weight excluding hydrogens is 234 g/mol. The van der Waals surface area contributed by atoms with Crippen molar-refractivity contribution >= 4 is 17.6 Å². The first-order chi connectivity index (χ1) is 8.22. The zero-order valence-electron chi connectivity index (χ0n) is 10.3. The lowest BCUT2D eigenvalue weighted by molar-refractivity contribution is 0.127. The molecule has 5 heteroatoms. The molecule has 1 aliphatic heterocycles. The number of rotatable bonds is 4. The van der Waals surface area contributed by atoms with E-state index in [9.17, 15) is 0 Å². The maximum Gasteiger partial charge on any atom is 0.131 e. The summed E-state index contributed by atoms with van der Waals surface area (Å²) in [4.78, 5) is 8.45. The normalized spacial score (nSPS) is 24.1. The number of anilines is 1. The molecule has 0 bridgehead atoms. The summed E-state index contributed by atoms with van der Waals surface area (Å²) in [5.74, 6) is 0.621. The van der Waals surface area contributed by atoms with Gasteiger partial charge in [-0.2, -0.15) is 0 Å². The van der Waals surface area contributed by atoms with E-state index in [1.165, 1.54) is 0 Å². The van der Waals surface area contributed by atoms with E-state index < -0.39 is 0 Å². The topological polar surface area (TPSA) is 61.0 Å². The molecule has 0 amide bonds. The van der Waals surface area contributed by atoms with Crippen molar-refractivity contribution < 1.29 is 4.74 Å². The number of nitrogens with zero attached hydrogens (tertiary/aromatic N) is 2. The minimum atomic E-state index is 0.297. The Morgan fingerprint density at radius 1 is 1.53 bits per heavy atom. The summed E-state index contributed by atoms with van der Waals surface area (Å²) in [6, 6.07) is 0. The summed E-state index contributed by atoms with van der Waals surface area (Å²) in [5, 5.41) is 1.52. The van der Waals surface area contributed by atoms with Gasteiger partial charge in [0.2, 0.25) is 0 Å². The molecule has 0 saturated carbocycles. The lowest BCUT2D eigenvalue weighted by Gasteiger charge is -2.15. The average Bonchev–Trinajstić information content (AvgIpc) is 2.70. The molecule has 0 aliphatic carbocycles. The number of nitrogens with two attached hydrogens (primary N) is 1. The molecule has 2 rings (SSSR count). The van der Waals surface area contributed by atoms with E-state index in [4.69, 9.17) is 10.5 Å². The van der Waals surface area contributed by atoms with Crippen LogP contribution in [-0.4, -0.2) is 27.9 Å². The van der Waals surface area contributed by atoms with E-state index in [0.29, 0.717) is 17.2 Å². The van der Waals surface area contributed by atoms with Crippen molar-refractivity contribution in [2.24, 2.45) is 0 Å². The van der Waals surface area contributed by atoms with Gasteiger partial charge in [-0.3, -0.25) is 0 Å². The molecule has 1 aliphatic rings. The van der Waals surface area contributed by atoms with Crippen molar-refractivity contribution in [2.45, 2.75) is 49.5 Å². The lowest BCUT2D eigenvalue weighted by atomic mass is 10.2. The zero-order valence-corrected chi connectivity index (χ0v) is 11.2. The SMILES string of the molecule is CCCc1c(N)ncnc1SC1CCOC1C. The van der Waals surface area contributed by atoms with E-state index in [2.05, 4.69) is 23.8 Å². The first kappa shape index (κ1) is 12.6. The highest BCUT2D eigenvalue weighted by molar-refractivity contribution is 8.00. The molecule has 0 radical (unpaired) electrons. The predicted molar refractivity (Wildman–Crippen MR) is 70.1 cm³/mol. The maximum atomic E-state index is 5.92. The van der Waals surface area contributed by atoms with Crippen molar-refractivity contribution in [3.05, 3.63) is 11.9 Å². The highest BCUT2D eigenvalue weighted by atomic mass is 32.2. The van der Waals surface area contributed by atoms with Gasteiger partial charge in [-0.05, 0) is 19.8 Å². The van der Waals surface area contributed by atoms with Gasteiger partial charge in [-0.15, -0.1) is 0 Å². The van der Waals surface area contributed by atoms with Crippen LogP contribution in [0.25, 0.3) is 0 Å². The molecule has 2 unspecified atom stereocenters. The van der Waals surface area contributed by atoms with Crippen LogP contribution in [0.5, 0.6) is 0 Å². The van der Waals surface area contributed by atoms with Crippen molar-refractivity contribution in [3.8, 4) is 0 Å². The second-order valence-corrected chi connectivity index (χ2v) is 5.54. The van der Waals surface area contributed by atoms with Crippen LogP contribution in [0.15, 0.2) is 11.4 Å². The molecule has 0 spiro atoms. The summed E-state index contributed by atoms with van der Waals surface area (Å²) in [7, 11) is 0. The average molecular weight is 253 g/mol. The van der Waals surface area contributed by atoms with Gasteiger partial charge < -0.3 is 10.5 Å². The Hall–Kier alpha value is -0.810. The summed E-state index contributed by atoms with van der Waals surface area (Å²) < 4.78 is 5.57. The van der Waals surface area contributed by atoms with Crippen LogP contribution in [0.3, 0.4) is 0 Å². The van der Waals surface area contributed by atoms with Crippen LogP contribution < -0.4 is 5.73 Å². The third-order valence-electron chi connectivity index (χ3n) is 3.01. The fraction of sp³-hybridized carbons (Fsp3) is 0.667. The van der Waals surface area contributed by atoms with Gasteiger partial charge in [-0.25, -0.2) is 9.97 Å². The molecule has 17 heavy (non-hydrogen) atoms. The number of ether oxygens (including phenoxy) is 1. The zero-order chi connectivity index (χ0) is 12.3. The van der Waals surface area contributed by atoms with Gasteiger partial charge in [0.25, 0.3) is 0 Å². The van der Waals surface area contributed by atoms with Crippen LogP contribution in [0.1, 0.15) is 32.3 Å². The summed E-state index contributed by atoms with van der Waals surface area (Å²) in [5.41, 5.74) is 7.02. The van der Waals surface area contributed by atoms with Crippen molar-refractivity contribution in [3.63, 3.8) is 0 Å². The van der Waals surface area contributed by atoms with Gasteiger partial charge in [-0.1, -0.05) is 25.1 Å². The molecule has 4 nitrogen and oxygen atoms in total. The van der Waals surface area contributed by atoms with Crippen molar-refractivity contribution in [2.75, 3.05) is 12.3 Å². The van der Waals surface area contributed by atoms with Gasteiger partial charge in [0.05, 0.1) is 6.10 Å². The second kappa shape index (κ2) is 5.69. The number of thioether (sulfide) groups is 1. The lowest BCUT2D eigenvalue weighted by Crippen LogP contribution is -2.14. The number of aromatic nitrogens is 2. The molecule has 94 valence electrons. The first-order valence-electron chi connectivity index (χ1n) is 6.10. The minimum absolute atomic E-state index is 0.297. The number of hydrogen-bond donors (Lipinski definition) is 1. The molecular formula is C12H19N3OS. The summed E-state index contributed by atoms with van der Waals surface area (Å²) in [6.07, 6.45) is 4.93. The van der Waals surface area contributed by atoms with Gasteiger partial charge in [0, 0.05) is 17.4 Å². The Morgan fingerprint density at radius 2 is 2.35 bits per heavy atom. The van der Waals surface area contributed by atoms with Gasteiger partial charge in [0.1, 0.15) is 17.2 Å². The fourth-order valence-corrected chi connectivity index (χ4v) is 3.23. The molecule has 1 aromatic rings. The predicted octanol–water partition coefficient (Wildman–Crippen LogP) is 2.28. The van der Waals surface area contributed by atoms with E-state index in [0.717, 1.165) is 36.5 Å².